The van der Waals surface area contributed by atoms with Crippen molar-refractivity contribution < 1.29 is 0 Å². The van der Waals surface area contributed by atoms with Crippen LogP contribution in [0.15, 0.2) is 0 Å². The summed E-state index contributed by atoms with van der Waals surface area (Å²) in [6, 6.07) is 0. The van der Waals surface area contributed by atoms with Gasteiger partial charge in [-0.3, -0.25) is 0 Å². The summed E-state index contributed by atoms with van der Waals surface area (Å²) in [6.45, 7) is 14.2. The van der Waals surface area contributed by atoms with Gasteiger partial charge in [0.2, 0.25) is 0 Å². The Kier molecular flexibility index (Phi) is 8.19. The first kappa shape index (κ1) is 15.0. The van der Waals surface area contributed by atoms with Gasteiger partial charge in [-0.25, -0.2) is 0 Å². The zero-order chi connectivity index (χ0) is 11.8. The topological polar surface area (TPSA) is 0 Å². The van der Waals surface area contributed by atoms with E-state index in [0.717, 1.165) is 23.7 Å². The third-order valence-electron chi connectivity index (χ3n) is 4.18. The predicted molar refractivity (Wildman–Crippen MR) is 71.1 cm³/mol. The van der Waals surface area contributed by atoms with Crippen molar-refractivity contribution in [3.8, 4) is 0 Å². The molecule has 15 heavy (non-hydrogen) atoms. The van der Waals surface area contributed by atoms with Gasteiger partial charge in [-0.15, -0.1) is 0 Å². The summed E-state index contributed by atoms with van der Waals surface area (Å²) < 4.78 is 0. The fourth-order valence-electron chi connectivity index (χ4n) is 2.80. The first-order chi connectivity index (χ1) is 7.06. The summed E-state index contributed by atoms with van der Waals surface area (Å²) in [6.07, 6.45) is 6.92. The second-order valence-corrected chi connectivity index (χ2v) is 5.58. The van der Waals surface area contributed by atoms with Crippen LogP contribution in [0.5, 0.6) is 0 Å². The van der Waals surface area contributed by atoms with Crippen LogP contribution in [0.3, 0.4) is 0 Å². The Hall–Kier alpha value is 0. The largest absolute Gasteiger partial charge is 0.0651 e. The molecule has 0 saturated heterocycles. The first-order valence-corrected chi connectivity index (χ1v) is 7.06. The molecule has 0 fully saturated rings. The maximum atomic E-state index is 2.48. The lowest BCUT2D eigenvalue weighted by molar-refractivity contribution is 0.208. The molecule has 2 atom stereocenters. The average Bonchev–Trinajstić information content (AvgIpc) is 2.20. The van der Waals surface area contributed by atoms with Crippen LogP contribution < -0.4 is 0 Å². The van der Waals surface area contributed by atoms with Crippen LogP contribution in [0.4, 0.5) is 0 Å². The molecule has 0 heterocycles. The molecule has 0 saturated carbocycles. The van der Waals surface area contributed by atoms with Gasteiger partial charge in [-0.2, -0.15) is 0 Å². The molecule has 0 aromatic heterocycles. The van der Waals surface area contributed by atoms with E-state index in [1.54, 1.807) is 0 Å². The summed E-state index contributed by atoms with van der Waals surface area (Å²) >= 11 is 0. The van der Waals surface area contributed by atoms with Crippen molar-refractivity contribution in [3.63, 3.8) is 0 Å². The van der Waals surface area contributed by atoms with E-state index in [1.807, 2.05) is 0 Å². The number of hydrogen-bond donors (Lipinski definition) is 0. The van der Waals surface area contributed by atoms with E-state index in [-0.39, 0.29) is 0 Å². The second-order valence-electron chi connectivity index (χ2n) is 5.58. The van der Waals surface area contributed by atoms with Gasteiger partial charge in [-0.1, -0.05) is 67.2 Å². The van der Waals surface area contributed by atoms with E-state index >= 15 is 0 Å². The molecule has 0 radical (unpaired) electrons. The summed E-state index contributed by atoms with van der Waals surface area (Å²) in [5, 5.41) is 0. The average molecular weight is 212 g/mol. The van der Waals surface area contributed by atoms with Crippen LogP contribution in [0.25, 0.3) is 0 Å². The summed E-state index contributed by atoms with van der Waals surface area (Å²) in [7, 11) is 0. The van der Waals surface area contributed by atoms with Gasteiger partial charge in [-0.05, 0) is 30.1 Å². The van der Waals surface area contributed by atoms with E-state index in [0.29, 0.717) is 0 Å². The summed E-state index contributed by atoms with van der Waals surface area (Å²) in [5.74, 6) is 3.69. The van der Waals surface area contributed by atoms with Crippen LogP contribution in [0, 0.1) is 23.7 Å². The lowest BCUT2D eigenvalue weighted by Crippen LogP contribution is -2.20. The van der Waals surface area contributed by atoms with Gasteiger partial charge in [0.1, 0.15) is 0 Å². The van der Waals surface area contributed by atoms with Gasteiger partial charge in [0.05, 0.1) is 0 Å². The molecular weight excluding hydrogens is 180 g/mol. The lowest BCUT2D eigenvalue weighted by Gasteiger charge is -2.30. The molecule has 0 heteroatoms. The van der Waals surface area contributed by atoms with Crippen LogP contribution in [0.1, 0.15) is 73.6 Å². The zero-order valence-electron chi connectivity index (χ0n) is 11.8. The summed E-state index contributed by atoms with van der Waals surface area (Å²) in [4.78, 5) is 0. The van der Waals surface area contributed by atoms with E-state index in [2.05, 4.69) is 41.5 Å². The molecule has 0 rings (SSSR count). The molecule has 0 bridgehead atoms. The molecule has 0 aromatic carbocycles. The third-order valence-corrected chi connectivity index (χ3v) is 4.18. The normalized spacial score (nSPS) is 16.0. The third kappa shape index (κ3) is 5.58. The maximum absolute atomic E-state index is 2.48. The molecule has 0 N–H and O–H groups in total. The maximum Gasteiger partial charge on any atom is -0.0386 e. The van der Waals surface area contributed by atoms with Crippen molar-refractivity contribution in [2.45, 2.75) is 73.6 Å². The molecule has 2 unspecified atom stereocenters. The molecule has 0 aliphatic rings. The van der Waals surface area contributed by atoms with Gasteiger partial charge >= 0.3 is 0 Å². The van der Waals surface area contributed by atoms with E-state index in [4.69, 9.17) is 0 Å². The Bertz CT molecular complexity index is 133. The smallest absolute Gasteiger partial charge is 0.0386 e. The van der Waals surface area contributed by atoms with Crippen molar-refractivity contribution in [3.05, 3.63) is 0 Å². The summed E-state index contributed by atoms with van der Waals surface area (Å²) in [5.41, 5.74) is 0. The molecule has 92 valence electrons. The standard InChI is InChI=1S/C15H32/c1-7-14(8-2)13(6)15(9-3)11-10-12(4)5/h12-15H,7-11H2,1-6H3. The first-order valence-electron chi connectivity index (χ1n) is 7.06. The van der Waals surface area contributed by atoms with Crippen molar-refractivity contribution >= 4 is 0 Å². The second kappa shape index (κ2) is 8.19. The lowest BCUT2D eigenvalue weighted by atomic mass is 9.76. The van der Waals surface area contributed by atoms with Crippen LogP contribution >= 0.6 is 0 Å². The number of rotatable bonds is 8. The highest BCUT2D eigenvalue weighted by molar-refractivity contribution is 4.72. The fraction of sp³-hybridized carbons (Fsp3) is 1.00. The Balaban J connectivity index is 4.13. The van der Waals surface area contributed by atoms with Crippen LogP contribution in [0.2, 0.25) is 0 Å². The highest BCUT2D eigenvalue weighted by Crippen LogP contribution is 2.32. The molecule has 0 nitrogen and oxygen atoms in total. The van der Waals surface area contributed by atoms with Gasteiger partial charge < -0.3 is 0 Å². The SMILES string of the molecule is CCC(CC)C(C)C(CC)CCC(C)C. The molecule has 0 aromatic rings. The number of hydrogen-bond acceptors (Lipinski definition) is 0. The Morgan fingerprint density at radius 1 is 0.667 bits per heavy atom. The fourth-order valence-corrected chi connectivity index (χ4v) is 2.80. The van der Waals surface area contributed by atoms with Gasteiger partial charge in [0.15, 0.2) is 0 Å². The highest BCUT2D eigenvalue weighted by Gasteiger charge is 2.21. The molecular formula is C15H32. The highest BCUT2D eigenvalue weighted by atomic mass is 14.3. The Morgan fingerprint density at radius 2 is 1.13 bits per heavy atom. The van der Waals surface area contributed by atoms with E-state index in [1.165, 1.54) is 32.1 Å². The predicted octanol–water partition coefficient (Wildman–Crippen LogP) is 5.52. The monoisotopic (exact) mass is 212 g/mol. The van der Waals surface area contributed by atoms with Crippen LogP contribution in [-0.4, -0.2) is 0 Å². The molecule has 0 spiro atoms. The minimum Gasteiger partial charge on any atom is -0.0651 e. The van der Waals surface area contributed by atoms with Crippen LogP contribution in [-0.2, 0) is 0 Å². The Morgan fingerprint density at radius 3 is 1.47 bits per heavy atom. The van der Waals surface area contributed by atoms with Crippen molar-refractivity contribution in [1.29, 1.82) is 0 Å². The van der Waals surface area contributed by atoms with Crippen molar-refractivity contribution in [1.82, 2.24) is 0 Å². The molecule has 0 aliphatic carbocycles. The molecule has 0 amide bonds. The zero-order valence-corrected chi connectivity index (χ0v) is 11.8. The van der Waals surface area contributed by atoms with E-state index in [9.17, 15) is 0 Å². The molecule has 0 aliphatic heterocycles. The van der Waals surface area contributed by atoms with E-state index < -0.39 is 0 Å². The minimum atomic E-state index is 0.868. The minimum absolute atomic E-state index is 0.868. The van der Waals surface area contributed by atoms with Crippen molar-refractivity contribution in [2.75, 3.05) is 0 Å². The quantitative estimate of drug-likeness (QED) is 0.497. The van der Waals surface area contributed by atoms with Crippen molar-refractivity contribution in [2.24, 2.45) is 23.7 Å². The Labute approximate surface area is 97.8 Å². The van der Waals surface area contributed by atoms with Gasteiger partial charge in [0, 0.05) is 0 Å². The van der Waals surface area contributed by atoms with Gasteiger partial charge in [0.25, 0.3) is 0 Å².